The zero-order valence-electron chi connectivity index (χ0n) is 28.6. The Bertz CT molecular complexity index is 1880. The Hall–Kier alpha value is -4.49. The van der Waals surface area contributed by atoms with Crippen LogP contribution in [0, 0.1) is 11.7 Å². The molecule has 7 rings (SSSR count). The molecule has 49 heavy (non-hydrogen) atoms. The van der Waals surface area contributed by atoms with Crippen molar-refractivity contribution in [2.45, 2.75) is 70.5 Å². The van der Waals surface area contributed by atoms with E-state index in [1.165, 1.54) is 50.4 Å². The summed E-state index contributed by atoms with van der Waals surface area (Å²) in [5, 5.41) is 21.5. The lowest BCUT2D eigenvalue weighted by Gasteiger charge is -2.35. The minimum absolute atomic E-state index is 0.104. The van der Waals surface area contributed by atoms with Crippen molar-refractivity contribution in [1.29, 1.82) is 0 Å². The van der Waals surface area contributed by atoms with Crippen LogP contribution in [0.5, 0.6) is 0 Å². The van der Waals surface area contributed by atoms with Gasteiger partial charge in [-0.2, -0.15) is 10.2 Å². The first-order valence-corrected chi connectivity index (χ1v) is 17.3. The maximum Gasteiger partial charge on any atom is 0.327 e. The SMILES string of the molecule is CNCc1cn(CC(=O)OC)nn1.Cn1ncc2cc(F)c(-c3cccc4c3c(C3CCN(CC5CCCCC5)CC3)nn4CC=O)cc21. The Kier molecular flexibility index (Phi) is 11.1. The molecule has 1 aliphatic heterocycles. The zero-order chi connectivity index (χ0) is 34.3. The highest BCUT2D eigenvalue weighted by atomic mass is 19.1. The highest BCUT2D eigenvalue weighted by Crippen LogP contribution is 2.40. The number of nitrogens with one attached hydrogen (secondary N) is 1. The first-order valence-electron chi connectivity index (χ1n) is 17.3. The molecule has 4 heterocycles. The maximum atomic E-state index is 15.4. The first-order chi connectivity index (χ1) is 23.9. The van der Waals surface area contributed by atoms with Gasteiger partial charge in [0.25, 0.3) is 0 Å². The van der Waals surface area contributed by atoms with Crippen molar-refractivity contribution in [3.8, 4) is 11.1 Å². The van der Waals surface area contributed by atoms with Gasteiger partial charge in [0.05, 0.1) is 48.5 Å². The Morgan fingerprint density at radius 2 is 1.88 bits per heavy atom. The molecule has 1 N–H and O–H groups in total. The third-order valence-electron chi connectivity index (χ3n) is 9.86. The van der Waals surface area contributed by atoms with Crippen molar-refractivity contribution in [2.75, 3.05) is 33.8 Å². The number of methoxy groups -OCH3 is 1. The van der Waals surface area contributed by atoms with Gasteiger partial charge in [-0.25, -0.2) is 9.07 Å². The van der Waals surface area contributed by atoms with E-state index < -0.39 is 0 Å². The molecule has 1 saturated heterocycles. The smallest absolute Gasteiger partial charge is 0.327 e. The third-order valence-corrected chi connectivity index (χ3v) is 9.86. The van der Waals surface area contributed by atoms with E-state index in [0.717, 1.165) is 76.9 Å². The predicted octanol–water partition coefficient (Wildman–Crippen LogP) is 4.86. The molecule has 1 saturated carbocycles. The summed E-state index contributed by atoms with van der Waals surface area (Å²) in [5.74, 6) is 0.548. The van der Waals surface area contributed by atoms with E-state index in [9.17, 15) is 9.59 Å². The van der Waals surface area contributed by atoms with Crippen LogP contribution in [-0.4, -0.2) is 85.5 Å². The number of aryl methyl sites for hydroxylation is 1. The van der Waals surface area contributed by atoms with Crippen molar-refractivity contribution >= 4 is 34.1 Å². The second kappa shape index (κ2) is 15.8. The number of esters is 1. The second-order valence-electron chi connectivity index (χ2n) is 13.2. The molecule has 5 aromatic rings. The predicted molar refractivity (Wildman–Crippen MR) is 185 cm³/mol. The number of nitrogens with zero attached hydrogens (tertiary/aromatic N) is 8. The average molecular weight is 672 g/mol. The fourth-order valence-electron chi connectivity index (χ4n) is 7.36. The van der Waals surface area contributed by atoms with Crippen LogP contribution in [0.4, 0.5) is 4.39 Å². The number of ether oxygens (including phenoxy) is 1. The molecule has 2 aliphatic rings. The van der Waals surface area contributed by atoms with Crippen molar-refractivity contribution in [3.63, 3.8) is 0 Å². The molecule has 0 spiro atoms. The Morgan fingerprint density at radius 1 is 1.08 bits per heavy atom. The van der Waals surface area contributed by atoms with Crippen LogP contribution in [-0.2, 0) is 41.0 Å². The van der Waals surface area contributed by atoms with E-state index in [0.29, 0.717) is 18.0 Å². The molecule has 0 radical (unpaired) electrons. The van der Waals surface area contributed by atoms with Gasteiger partial charge in [0.15, 0.2) is 0 Å². The van der Waals surface area contributed by atoms with E-state index in [4.69, 9.17) is 5.10 Å². The second-order valence-corrected chi connectivity index (χ2v) is 13.2. The van der Waals surface area contributed by atoms with Crippen LogP contribution in [0.2, 0.25) is 0 Å². The van der Waals surface area contributed by atoms with Gasteiger partial charge in [0, 0.05) is 42.4 Å². The fourth-order valence-corrected chi connectivity index (χ4v) is 7.36. The number of hydrogen-bond acceptors (Lipinski definition) is 9. The van der Waals surface area contributed by atoms with Gasteiger partial charge in [-0.1, -0.05) is 36.6 Å². The summed E-state index contributed by atoms with van der Waals surface area (Å²) in [5.41, 5.74) is 4.98. The number of carbonyl (C=O) groups excluding carboxylic acids is 2. The molecule has 1 aliphatic carbocycles. The van der Waals surface area contributed by atoms with Crippen LogP contribution in [0.25, 0.3) is 32.9 Å². The van der Waals surface area contributed by atoms with Crippen LogP contribution in [0.1, 0.15) is 62.3 Å². The monoisotopic (exact) mass is 671 g/mol. The quantitative estimate of drug-likeness (QED) is 0.164. The summed E-state index contributed by atoms with van der Waals surface area (Å²) in [6, 6.07) is 9.37. The Balaban J connectivity index is 0.000000271. The van der Waals surface area contributed by atoms with E-state index in [1.807, 2.05) is 38.4 Å². The van der Waals surface area contributed by atoms with Crippen LogP contribution in [0.3, 0.4) is 0 Å². The van der Waals surface area contributed by atoms with Gasteiger partial charge in [-0.05, 0) is 75.5 Å². The van der Waals surface area contributed by atoms with Gasteiger partial charge in [-0.3, -0.25) is 14.2 Å². The van der Waals surface area contributed by atoms with E-state index in [-0.39, 0.29) is 24.9 Å². The summed E-state index contributed by atoms with van der Waals surface area (Å²) in [4.78, 5) is 24.9. The number of halogens is 1. The lowest BCUT2D eigenvalue weighted by Crippen LogP contribution is -2.37. The molecule has 260 valence electrons. The van der Waals surface area contributed by atoms with E-state index in [2.05, 4.69) is 30.4 Å². The van der Waals surface area contributed by atoms with Crippen LogP contribution >= 0.6 is 0 Å². The standard InChI is InChI=1S/C29H34FN5O.C7H12N4O2/c1-33-27-17-24(25(30)16-22(27)18-31-33)23-8-5-9-26-28(23)29(32-35(26)14-15-36)21-10-12-34(13-11-21)19-20-6-3-2-4-7-20;1-8-3-6-4-11(10-9-6)5-7(12)13-2/h5,8-9,15-18,20-21H,2-4,6-7,10-14,19H2,1H3;4,8H,3,5H2,1-2H3. The van der Waals surface area contributed by atoms with Gasteiger partial charge >= 0.3 is 5.97 Å². The zero-order valence-corrected chi connectivity index (χ0v) is 28.6. The van der Waals surface area contributed by atoms with Gasteiger partial charge in [0.1, 0.15) is 18.6 Å². The molecule has 0 unspecified atom stereocenters. The summed E-state index contributed by atoms with van der Waals surface area (Å²) in [6.07, 6.45) is 13.3. The number of fused-ring (bicyclic) bond motifs is 2. The Labute approximate surface area is 285 Å². The lowest BCUT2D eigenvalue weighted by atomic mass is 9.86. The topological polar surface area (TPSA) is 125 Å². The van der Waals surface area contributed by atoms with Crippen molar-refractivity contribution < 1.29 is 18.7 Å². The van der Waals surface area contributed by atoms with Gasteiger partial charge < -0.3 is 19.7 Å². The van der Waals surface area contributed by atoms with E-state index in [1.54, 1.807) is 27.8 Å². The van der Waals surface area contributed by atoms with Crippen LogP contribution in [0.15, 0.2) is 42.7 Å². The normalized spacial score (nSPS) is 16.2. The molecule has 3 aromatic heterocycles. The molecule has 2 aromatic carbocycles. The molecular formula is C36H46FN9O3. The lowest BCUT2D eigenvalue weighted by molar-refractivity contribution is -0.141. The summed E-state index contributed by atoms with van der Waals surface area (Å²) in [7, 11) is 5.03. The average Bonchev–Trinajstić information content (AvgIpc) is 3.83. The molecule has 13 heteroatoms. The molecule has 2 fully saturated rings. The number of aldehydes is 1. The Morgan fingerprint density at radius 3 is 2.61 bits per heavy atom. The number of carbonyl (C=O) groups is 2. The number of aromatic nitrogens is 7. The van der Waals surface area contributed by atoms with Crippen molar-refractivity contribution in [2.24, 2.45) is 13.0 Å². The third kappa shape index (κ3) is 7.88. The highest BCUT2D eigenvalue weighted by Gasteiger charge is 2.28. The first kappa shape index (κ1) is 34.4. The van der Waals surface area contributed by atoms with Crippen molar-refractivity contribution in [1.82, 2.24) is 44.8 Å². The molecule has 0 bridgehead atoms. The maximum absolute atomic E-state index is 15.4. The van der Waals surface area contributed by atoms with Crippen molar-refractivity contribution in [3.05, 3.63) is 59.9 Å². The molecule has 12 nitrogen and oxygen atoms in total. The number of likely N-dealkylation sites (tertiary alicyclic amines) is 1. The molecule has 0 atom stereocenters. The molecule has 0 amide bonds. The summed E-state index contributed by atoms with van der Waals surface area (Å²) in [6.45, 7) is 4.30. The summed E-state index contributed by atoms with van der Waals surface area (Å²) >= 11 is 0. The minimum atomic E-state index is -0.332. The molecular weight excluding hydrogens is 625 g/mol. The number of rotatable bonds is 10. The highest BCUT2D eigenvalue weighted by molar-refractivity contribution is 5.99. The number of hydrogen-bond donors (Lipinski definition) is 1. The van der Waals surface area contributed by atoms with Crippen LogP contribution < -0.4 is 5.32 Å². The van der Waals surface area contributed by atoms with Gasteiger partial charge in [0.2, 0.25) is 0 Å². The number of benzene rings is 2. The largest absolute Gasteiger partial charge is 0.468 e. The minimum Gasteiger partial charge on any atom is -0.468 e. The summed E-state index contributed by atoms with van der Waals surface area (Å²) < 4.78 is 24.9. The fraction of sp³-hybridized carbons (Fsp3) is 0.500. The number of piperidine rings is 1. The van der Waals surface area contributed by atoms with E-state index >= 15 is 4.39 Å². The van der Waals surface area contributed by atoms with Gasteiger partial charge in [-0.15, -0.1) is 5.10 Å².